The average Bonchev–Trinajstić information content (AvgIpc) is 2.62. The molecular formula is C25H34NO3P. The first-order valence-electron chi connectivity index (χ1n) is 10.7. The number of rotatable bonds is 7. The fourth-order valence-electron chi connectivity index (χ4n) is 4.67. The monoisotopic (exact) mass is 427 g/mol. The minimum absolute atomic E-state index is 0.0799. The number of esters is 1. The van der Waals surface area contributed by atoms with Crippen molar-refractivity contribution in [1.82, 2.24) is 0 Å². The summed E-state index contributed by atoms with van der Waals surface area (Å²) >= 11 is 0. The molecule has 2 aromatic carbocycles. The quantitative estimate of drug-likeness (QED) is 0.487. The van der Waals surface area contributed by atoms with Gasteiger partial charge >= 0.3 is 180 Å². The first kappa shape index (κ1) is 22.5. The maximum atomic E-state index is 13.5. The molecule has 0 atom stereocenters. The first-order valence-corrected chi connectivity index (χ1v) is 13.9. The Bertz CT molecular complexity index is 910. The molecule has 0 heterocycles. The van der Waals surface area contributed by atoms with Gasteiger partial charge in [0.15, 0.2) is 0 Å². The molecule has 1 amide bonds. The number of anilines is 1. The van der Waals surface area contributed by atoms with Gasteiger partial charge in [-0.15, -0.1) is 0 Å². The Labute approximate surface area is 180 Å². The molecule has 3 rings (SSSR count). The van der Waals surface area contributed by atoms with Crippen LogP contribution in [0.1, 0.15) is 41.5 Å². The van der Waals surface area contributed by atoms with Gasteiger partial charge in [-0.05, 0) is 0 Å². The Morgan fingerprint density at radius 3 is 2.17 bits per heavy atom. The van der Waals surface area contributed by atoms with E-state index in [0.717, 1.165) is 41.6 Å². The first-order chi connectivity index (χ1) is 14.1. The number of carbonyl (C=O) groups is 2. The molecule has 0 bridgehead atoms. The topological polar surface area (TPSA) is 55.4 Å². The van der Waals surface area contributed by atoms with E-state index in [9.17, 15) is 9.59 Å². The number of benzene rings is 2. The summed E-state index contributed by atoms with van der Waals surface area (Å²) in [6, 6.07) is 13.9. The van der Waals surface area contributed by atoms with Crippen LogP contribution in [0.25, 0.3) is 0 Å². The molecular weight excluding hydrogens is 393 g/mol. The molecule has 30 heavy (non-hydrogen) atoms. The van der Waals surface area contributed by atoms with Crippen molar-refractivity contribution in [2.24, 2.45) is 0 Å². The van der Waals surface area contributed by atoms with Gasteiger partial charge in [0.05, 0.1) is 0 Å². The van der Waals surface area contributed by atoms with Gasteiger partial charge < -0.3 is 0 Å². The molecule has 0 spiro atoms. The Morgan fingerprint density at radius 2 is 1.63 bits per heavy atom. The van der Waals surface area contributed by atoms with Gasteiger partial charge in [0.25, 0.3) is 0 Å². The van der Waals surface area contributed by atoms with Crippen molar-refractivity contribution in [1.29, 1.82) is 0 Å². The molecule has 1 fully saturated rings. The number of carbonyl (C=O) groups excluding carboxylic acids is 2. The van der Waals surface area contributed by atoms with Gasteiger partial charge in [0, 0.05) is 0 Å². The Kier molecular flexibility index (Phi) is 6.67. The van der Waals surface area contributed by atoms with Gasteiger partial charge in [0.2, 0.25) is 0 Å². The minimum atomic E-state index is -2.22. The molecule has 1 saturated carbocycles. The van der Waals surface area contributed by atoms with Gasteiger partial charge in [-0.3, -0.25) is 0 Å². The number of aryl methyl sites for hydroxylation is 3. The summed E-state index contributed by atoms with van der Waals surface area (Å²) in [5.41, 5.74) is 5.24. The average molecular weight is 428 g/mol. The number of hydrogen-bond donors (Lipinski definition) is 1. The molecule has 0 aliphatic heterocycles. The number of amides is 1. The molecule has 0 aromatic heterocycles. The van der Waals surface area contributed by atoms with E-state index >= 15 is 0 Å². The Balaban J connectivity index is 1.71. The normalized spacial score (nSPS) is 15.8. The second-order valence-electron chi connectivity index (χ2n) is 9.37. The zero-order valence-corrected chi connectivity index (χ0v) is 19.8. The summed E-state index contributed by atoms with van der Waals surface area (Å²) in [7, 11) is -2.22. The number of hydrogen-bond acceptors (Lipinski definition) is 3. The third-order valence-corrected chi connectivity index (χ3v) is 11.2. The van der Waals surface area contributed by atoms with Crippen LogP contribution in [0, 0.1) is 20.8 Å². The van der Waals surface area contributed by atoms with E-state index in [0.29, 0.717) is 6.16 Å². The van der Waals surface area contributed by atoms with Crippen LogP contribution < -0.4 is 5.32 Å². The molecule has 1 aliphatic carbocycles. The number of nitrogens with one attached hydrogen (secondary N) is 1. The van der Waals surface area contributed by atoms with Gasteiger partial charge in [-0.25, -0.2) is 0 Å². The van der Waals surface area contributed by atoms with Crippen LogP contribution in [-0.2, 0) is 20.9 Å². The SMILES string of the molecule is Cc1cc(C)c(NC(=O)C2([PH](C)(C)CC(=O)OCc3ccccc3)CCC2)c(C)c1. The molecule has 5 heteroatoms. The molecule has 162 valence electrons. The van der Waals surface area contributed by atoms with E-state index < -0.39 is 12.4 Å². The zero-order chi connectivity index (χ0) is 21.9. The van der Waals surface area contributed by atoms with E-state index in [1.165, 1.54) is 5.56 Å². The summed E-state index contributed by atoms with van der Waals surface area (Å²) in [4.78, 5) is 26.1. The van der Waals surface area contributed by atoms with Crippen LogP contribution >= 0.6 is 7.26 Å². The third-order valence-electron chi connectivity index (χ3n) is 6.68. The predicted octanol–water partition coefficient (Wildman–Crippen LogP) is 5.23. The maximum absolute atomic E-state index is 13.5. The van der Waals surface area contributed by atoms with Gasteiger partial charge in [-0.2, -0.15) is 0 Å². The van der Waals surface area contributed by atoms with E-state index in [2.05, 4.69) is 37.7 Å². The predicted molar refractivity (Wildman–Crippen MR) is 127 cm³/mol. The van der Waals surface area contributed by atoms with E-state index in [-0.39, 0.29) is 18.5 Å². The van der Waals surface area contributed by atoms with Crippen LogP contribution in [-0.4, -0.2) is 36.5 Å². The summed E-state index contributed by atoms with van der Waals surface area (Å²) < 4.78 is 5.54. The molecule has 1 N–H and O–H groups in total. The van der Waals surface area contributed by atoms with Crippen molar-refractivity contribution in [2.75, 3.05) is 24.8 Å². The van der Waals surface area contributed by atoms with Crippen LogP contribution in [0.15, 0.2) is 42.5 Å². The van der Waals surface area contributed by atoms with Crippen LogP contribution in [0.5, 0.6) is 0 Å². The van der Waals surface area contributed by atoms with Crippen molar-refractivity contribution >= 4 is 24.8 Å². The van der Waals surface area contributed by atoms with Crippen LogP contribution in [0.2, 0.25) is 0 Å². The molecule has 4 nitrogen and oxygen atoms in total. The zero-order valence-electron chi connectivity index (χ0n) is 18.8. The third kappa shape index (κ3) is 4.59. The summed E-state index contributed by atoms with van der Waals surface area (Å²) in [5, 5.41) is 2.82. The van der Waals surface area contributed by atoms with Crippen LogP contribution in [0.3, 0.4) is 0 Å². The summed E-state index contributed by atoms with van der Waals surface area (Å²) in [6.07, 6.45) is 3.11. The molecule has 0 radical (unpaired) electrons. The van der Waals surface area contributed by atoms with E-state index in [4.69, 9.17) is 4.74 Å². The second kappa shape index (κ2) is 8.89. The van der Waals surface area contributed by atoms with E-state index in [1.807, 2.05) is 44.2 Å². The molecule has 0 saturated heterocycles. The van der Waals surface area contributed by atoms with Crippen molar-refractivity contribution in [3.05, 3.63) is 64.7 Å². The summed E-state index contributed by atoms with van der Waals surface area (Å²) in [6.45, 7) is 10.7. The molecule has 1 aliphatic rings. The van der Waals surface area contributed by atoms with Gasteiger partial charge in [0.1, 0.15) is 0 Å². The fourth-order valence-corrected chi connectivity index (χ4v) is 8.22. The Morgan fingerprint density at radius 1 is 1.03 bits per heavy atom. The standard InChI is InChI=1S/C25H34NO3P/c1-18-14-19(2)23(20(3)15-18)26-24(28)25(12-9-13-25)30(4,5)17-22(27)29-16-21-10-7-6-8-11-21/h6-8,10-11,14-15,30H,9,12-13,16-17H2,1-5H3,(H,26,28). The number of ether oxygens (including phenoxy) is 1. The Hall–Kier alpha value is -2.19. The van der Waals surface area contributed by atoms with Gasteiger partial charge in [-0.1, -0.05) is 0 Å². The summed E-state index contributed by atoms with van der Waals surface area (Å²) in [5.74, 6) is -0.117. The van der Waals surface area contributed by atoms with Crippen molar-refractivity contribution < 1.29 is 14.3 Å². The van der Waals surface area contributed by atoms with E-state index in [1.54, 1.807) is 0 Å². The van der Waals surface area contributed by atoms with Crippen molar-refractivity contribution in [3.8, 4) is 0 Å². The molecule has 0 unspecified atom stereocenters. The second-order valence-corrected chi connectivity index (χ2v) is 14.4. The van der Waals surface area contributed by atoms with Crippen molar-refractivity contribution in [3.63, 3.8) is 0 Å². The van der Waals surface area contributed by atoms with Crippen molar-refractivity contribution in [2.45, 2.75) is 51.8 Å². The molecule has 2 aromatic rings. The fraction of sp³-hybridized carbons (Fsp3) is 0.440. The van der Waals surface area contributed by atoms with Crippen LogP contribution in [0.4, 0.5) is 5.69 Å².